The Morgan fingerprint density at radius 2 is 1.89 bits per heavy atom. The van der Waals surface area contributed by atoms with Crippen molar-refractivity contribution in [3.05, 3.63) is 65.7 Å². The fourth-order valence-electron chi connectivity index (χ4n) is 3.22. The maximum atomic E-state index is 12.0. The molecule has 2 aromatic carbocycles. The van der Waals surface area contributed by atoms with Crippen molar-refractivity contribution in [3.63, 3.8) is 0 Å². The van der Waals surface area contributed by atoms with E-state index in [0.29, 0.717) is 34.8 Å². The van der Waals surface area contributed by atoms with Gasteiger partial charge in [0.15, 0.2) is 5.65 Å². The lowest BCUT2D eigenvalue weighted by molar-refractivity contribution is 0.0699. The van der Waals surface area contributed by atoms with Gasteiger partial charge in [-0.1, -0.05) is 42.0 Å². The summed E-state index contributed by atoms with van der Waals surface area (Å²) in [6.07, 6.45) is 0. The van der Waals surface area contributed by atoms with Gasteiger partial charge in [0.1, 0.15) is 5.75 Å². The normalized spacial score (nSPS) is 10.9. The zero-order valence-corrected chi connectivity index (χ0v) is 15.6. The fraction of sp³-hybridized carbons (Fsp3) is 0.136. The Balaban J connectivity index is 1.94. The molecule has 0 spiro atoms. The summed E-state index contributed by atoms with van der Waals surface area (Å²) in [5.41, 5.74) is 4.38. The summed E-state index contributed by atoms with van der Waals surface area (Å²) in [4.78, 5) is 16.7. The number of hydrogen-bond acceptors (Lipinski definition) is 4. The average molecular weight is 373 g/mol. The Bertz CT molecular complexity index is 1160. The molecule has 2 N–H and O–H groups in total. The van der Waals surface area contributed by atoms with E-state index in [1.165, 1.54) is 0 Å². The van der Waals surface area contributed by atoms with Gasteiger partial charge >= 0.3 is 5.97 Å². The highest BCUT2D eigenvalue weighted by molar-refractivity contribution is 6.08. The molecule has 0 saturated heterocycles. The first-order valence-corrected chi connectivity index (χ1v) is 9.00. The number of nitrogens with zero attached hydrogens (tertiary/aromatic N) is 2. The fourth-order valence-corrected chi connectivity index (χ4v) is 3.22. The lowest BCUT2D eigenvalue weighted by Crippen LogP contribution is -2.01. The number of pyridine rings is 1. The number of benzene rings is 2. The number of rotatable bonds is 5. The van der Waals surface area contributed by atoms with Crippen molar-refractivity contribution in [2.24, 2.45) is 0 Å². The number of carboxylic acids is 1. The topological polar surface area (TPSA) is 88.1 Å². The first kappa shape index (κ1) is 17.7. The highest BCUT2D eigenvalue weighted by atomic mass is 16.5. The van der Waals surface area contributed by atoms with Gasteiger partial charge in [-0.25, -0.2) is 9.78 Å². The zero-order chi connectivity index (χ0) is 19.7. The summed E-state index contributed by atoms with van der Waals surface area (Å²) >= 11 is 0. The largest absolute Gasteiger partial charge is 0.493 e. The number of hydrogen-bond donors (Lipinski definition) is 2. The number of aromatic amines is 1. The Morgan fingerprint density at radius 1 is 1.14 bits per heavy atom. The van der Waals surface area contributed by atoms with Gasteiger partial charge in [0, 0.05) is 11.1 Å². The Hall–Kier alpha value is -3.67. The van der Waals surface area contributed by atoms with Crippen LogP contribution < -0.4 is 4.74 Å². The van der Waals surface area contributed by atoms with Crippen molar-refractivity contribution in [1.29, 1.82) is 0 Å². The molecule has 2 heterocycles. The number of aromatic carboxylic acids is 1. The van der Waals surface area contributed by atoms with E-state index in [9.17, 15) is 9.90 Å². The van der Waals surface area contributed by atoms with E-state index in [0.717, 1.165) is 16.7 Å². The molecule has 6 nitrogen and oxygen atoms in total. The third-order valence-corrected chi connectivity index (χ3v) is 4.56. The quantitative estimate of drug-likeness (QED) is 0.529. The van der Waals surface area contributed by atoms with Gasteiger partial charge in [0.2, 0.25) is 0 Å². The molecule has 0 aliphatic rings. The molecule has 4 aromatic rings. The molecular formula is C22H19N3O3. The highest BCUT2D eigenvalue weighted by Gasteiger charge is 2.20. The zero-order valence-electron chi connectivity index (χ0n) is 15.6. The minimum atomic E-state index is -1.03. The number of H-pyrrole nitrogens is 1. The predicted octanol–water partition coefficient (Wildman–Crippen LogP) is 4.70. The van der Waals surface area contributed by atoms with Crippen LogP contribution in [0.2, 0.25) is 0 Å². The number of carbonyl (C=O) groups is 1. The Kier molecular flexibility index (Phi) is 4.53. The van der Waals surface area contributed by atoms with Crippen LogP contribution in [0.3, 0.4) is 0 Å². The van der Waals surface area contributed by atoms with Crippen molar-refractivity contribution in [3.8, 4) is 28.3 Å². The molecule has 0 atom stereocenters. The van der Waals surface area contributed by atoms with Crippen LogP contribution in [-0.4, -0.2) is 32.9 Å². The monoisotopic (exact) mass is 373 g/mol. The number of para-hydroxylation sites is 1. The summed E-state index contributed by atoms with van der Waals surface area (Å²) < 4.78 is 5.67. The van der Waals surface area contributed by atoms with Crippen LogP contribution in [-0.2, 0) is 0 Å². The number of fused-ring (bicyclic) bond motifs is 1. The van der Waals surface area contributed by atoms with Crippen LogP contribution in [0.4, 0.5) is 0 Å². The number of carboxylic acid groups (broad SMARTS) is 1. The molecule has 0 saturated carbocycles. The summed E-state index contributed by atoms with van der Waals surface area (Å²) in [6.45, 7) is 4.41. The molecule has 0 unspecified atom stereocenters. The van der Waals surface area contributed by atoms with Crippen LogP contribution in [0.15, 0.2) is 54.6 Å². The van der Waals surface area contributed by atoms with Gasteiger partial charge in [-0.2, -0.15) is 5.10 Å². The molecule has 0 aliphatic heterocycles. The number of aromatic nitrogens is 3. The standard InChI is InChI=1S/C22H19N3O3/c1-3-28-18-7-5-4-6-15(18)17-12-16(22(26)27)19-20(24-25-21(19)23-17)14-10-8-13(2)9-11-14/h4-12H,3H2,1-2H3,(H,26,27)(H,23,24,25). The number of aryl methyl sites for hydroxylation is 1. The first-order valence-electron chi connectivity index (χ1n) is 9.00. The van der Waals surface area contributed by atoms with Crippen molar-refractivity contribution >= 4 is 17.0 Å². The third kappa shape index (κ3) is 3.09. The maximum absolute atomic E-state index is 12.0. The summed E-state index contributed by atoms with van der Waals surface area (Å²) in [6, 6.07) is 16.8. The van der Waals surface area contributed by atoms with Gasteiger partial charge in [-0.3, -0.25) is 5.10 Å². The van der Waals surface area contributed by atoms with E-state index in [2.05, 4.69) is 15.2 Å². The van der Waals surface area contributed by atoms with E-state index in [4.69, 9.17) is 4.74 Å². The lowest BCUT2D eigenvalue weighted by atomic mass is 10.0. The van der Waals surface area contributed by atoms with Gasteiger partial charge in [0.05, 0.1) is 28.9 Å². The van der Waals surface area contributed by atoms with E-state index in [1.807, 2.05) is 62.4 Å². The highest BCUT2D eigenvalue weighted by Crippen LogP contribution is 2.34. The first-order chi connectivity index (χ1) is 13.6. The van der Waals surface area contributed by atoms with Crippen molar-refractivity contribution < 1.29 is 14.6 Å². The van der Waals surface area contributed by atoms with E-state index >= 15 is 0 Å². The average Bonchev–Trinajstić information content (AvgIpc) is 3.12. The molecule has 0 amide bonds. The third-order valence-electron chi connectivity index (χ3n) is 4.56. The summed E-state index contributed by atoms with van der Waals surface area (Å²) in [5, 5.41) is 17.6. The van der Waals surface area contributed by atoms with E-state index in [-0.39, 0.29) is 5.56 Å². The number of ether oxygens (including phenoxy) is 1. The Labute approximate surface area is 161 Å². The molecule has 4 rings (SSSR count). The molecule has 0 fully saturated rings. The van der Waals surface area contributed by atoms with Crippen LogP contribution in [0.5, 0.6) is 5.75 Å². The molecule has 28 heavy (non-hydrogen) atoms. The van der Waals surface area contributed by atoms with E-state index < -0.39 is 5.97 Å². The molecule has 2 aromatic heterocycles. The van der Waals surface area contributed by atoms with Gasteiger partial charge in [-0.15, -0.1) is 0 Å². The second-order valence-corrected chi connectivity index (χ2v) is 6.45. The smallest absolute Gasteiger partial charge is 0.336 e. The van der Waals surface area contributed by atoms with Crippen molar-refractivity contribution in [2.45, 2.75) is 13.8 Å². The molecule has 0 bridgehead atoms. The molecule has 0 radical (unpaired) electrons. The number of nitrogens with one attached hydrogen (secondary N) is 1. The molecular weight excluding hydrogens is 354 g/mol. The molecule has 6 heteroatoms. The maximum Gasteiger partial charge on any atom is 0.336 e. The van der Waals surface area contributed by atoms with Crippen molar-refractivity contribution in [1.82, 2.24) is 15.2 Å². The summed E-state index contributed by atoms with van der Waals surface area (Å²) in [7, 11) is 0. The SMILES string of the molecule is CCOc1ccccc1-c1cc(C(=O)O)c2c(-c3ccc(C)cc3)[nH]nc2n1. The van der Waals surface area contributed by atoms with Crippen LogP contribution in [0.1, 0.15) is 22.8 Å². The van der Waals surface area contributed by atoms with Crippen LogP contribution in [0.25, 0.3) is 33.5 Å². The minimum Gasteiger partial charge on any atom is -0.493 e. The second kappa shape index (κ2) is 7.15. The van der Waals surface area contributed by atoms with Crippen LogP contribution in [0, 0.1) is 6.92 Å². The Morgan fingerprint density at radius 3 is 2.61 bits per heavy atom. The van der Waals surface area contributed by atoms with Crippen molar-refractivity contribution in [2.75, 3.05) is 6.61 Å². The predicted molar refractivity (Wildman–Crippen MR) is 108 cm³/mol. The minimum absolute atomic E-state index is 0.149. The van der Waals surface area contributed by atoms with Gasteiger partial charge in [0.25, 0.3) is 0 Å². The summed E-state index contributed by atoms with van der Waals surface area (Å²) in [5.74, 6) is -0.375. The van der Waals surface area contributed by atoms with Crippen LogP contribution >= 0.6 is 0 Å². The lowest BCUT2D eigenvalue weighted by Gasteiger charge is -2.10. The van der Waals surface area contributed by atoms with E-state index in [1.54, 1.807) is 6.07 Å². The van der Waals surface area contributed by atoms with Gasteiger partial charge in [-0.05, 0) is 32.0 Å². The second-order valence-electron chi connectivity index (χ2n) is 6.45. The van der Waals surface area contributed by atoms with Gasteiger partial charge < -0.3 is 9.84 Å². The molecule has 0 aliphatic carbocycles. The molecule has 140 valence electrons.